The second-order valence-corrected chi connectivity index (χ2v) is 2.97. The Labute approximate surface area is 55.5 Å². The average molecular weight is 130 g/mol. The second kappa shape index (κ2) is 2.67. The van der Waals surface area contributed by atoms with E-state index in [-0.39, 0.29) is 5.92 Å². The first-order valence-electron chi connectivity index (χ1n) is 3.58. The average Bonchev–Trinajstić information content (AvgIpc) is 1.83. The second-order valence-electron chi connectivity index (χ2n) is 2.97. The van der Waals surface area contributed by atoms with Gasteiger partial charge in [-0.1, -0.05) is 13.3 Å². The molecule has 0 aromatic heterocycles. The number of rotatable bonds is 0. The van der Waals surface area contributed by atoms with Crippen LogP contribution < -0.4 is 0 Å². The van der Waals surface area contributed by atoms with Gasteiger partial charge in [0.15, 0.2) is 0 Å². The Balaban J connectivity index is 2.41. The van der Waals surface area contributed by atoms with Crippen molar-refractivity contribution < 1.29 is 10.2 Å². The van der Waals surface area contributed by atoms with E-state index in [0.29, 0.717) is 0 Å². The van der Waals surface area contributed by atoms with Crippen LogP contribution in [0.1, 0.15) is 26.2 Å². The third-order valence-corrected chi connectivity index (χ3v) is 2.14. The van der Waals surface area contributed by atoms with E-state index in [1.54, 1.807) is 0 Å². The highest BCUT2D eigenvalue weighted by atomic mass is 16.3. The molecule has 0 aromatic carbocycles. The van der Waals surface area contributed by atoms with E-state index in [9.17, 15) is 5.11 Å². The zero-order valence-electron chi connectivity index (χ0n) is 5.75. The summed E-state index contributed by atoms with van der Waals surface area (Å²) in [4.78, 5) is 0. The molecule has 0 saturated heterocycles. The monoisotopic (exact) mass is 130 g/mol. The Morgan fingerprint density at radius 2 is 1.89 bits per heavy atom. The van der Waals surface area contributed by atoms with Crippen LogP contribution in [0, 0.1) is 5.92 Å². The predicted octanol–water partition coefficient (Wildman–Crippen LogP) is 0.528. The van der Waals surface area contributed by atoms with Crippen molar-refractivity contribution >= 4 is 0 Å². The lowest BCUT2D eigenvalue weighted by molar-refractivity contribution is -0.0391. The van der Waals surface area contributed by atoms with Crippen molar-refractivity contribution in [2.24, 2.45) is 5.92 Å². The molecule has 9 heavy (non-hydrogen) atoms. The van der Waals surface area contributed by atoms with Gasteiger partial charge in [-0.05, 0) is 18.8 Å². The predicted molar refractivity (Wildman–Crippen MR) is 35.0 cm³/mol. The lowest BCUT2D eigenvalue weighted by Gasteiger charge is -2.28. The summed E-state index contributed by atoms with van der Waals surface area (Å²) in [7, 11) is 0. The van der Waals surface area contributed by atoms with Crippen molar-refractivity contribution in [2.45, 2.75) is 38.4 Å². The van der Waals surface area contributed by atoms with Gasteiger partial charge < -0.3 is 10.2 Å². The molecule has 1 saturated carbocycles. The highest BCUT2D eigenvalue weighted by molar-refractivity contribution is 4.78. The fourth-order valence-corrected chi connectivity index (χ4v) is 1.37. The zero-order valence-corrected chi connectivity index (χ0v) is 5.75. The maximum absolute atomic E-state index is 9.20. The molecule has 1 fully saturated rings. The molecular weight excluding hydrogens is 116 g/mol. The maximum Gasteiger partial charge on any atom is 0.0824 e. The third kappa shape index (κ3) is 1.43. The van der Waals surface area contributed by atoms with Crippen LogP contribution in [0.5, 0.6) is 0 Å². The Bertz CT molecular complexity index is 82.9. The van der Waals surface area contributed by atoms with E-state index in [0.717, 1.165) is 19.3 Å². The molecule has 0 bridgehead atoms. The van der Waals surface area contributed by atoms with Gasteiger partial charge in [0.2, 0.25) is 0 Å². The van der Waals surface area contributed by atoms with Gasteiger partial charge in [-0.3, -0.25) is 0 Å². The van der Waals surface area contributed by atoms with Crippen LogP contribution in [0.2, 0.25) is 0 Å². The molecule has 3 atom stereocenters. The molecule has 1 unspecified atom stereocenters. The van der Waals surface area contributed by atoms with E-state index in [1.165, 1.54) is 0 Å². The Kier molecular flexibility index (Phi) is 2.09. The molecule has 2 N–H and O–H groups in total. The van der Waals surface area contributed by atoms with Crippen molar-refractivity contribution in [3.8, 4) is 0 Å². The molecule has 0 radical (unpaired) electrons. The van der Waals surface area contributed by atoms with Crippen molar-refractivity contribution in [1.29, 1.82) is 0 Å². The van der Waals surface area contributed by atoms with Crippen LogP contribution in [0.15, 0.2) is 0 Å². The Hall–Kier alpha value is -0.0800. The first-order valence-corrected chi connectivity index (χ1v) is 3.58. The smallest absolute Gasteiger partial charge is 0.0824 e. The summed E-state index contributed by atoms with van der Waals surface area (Å²) in [5.74, 6) is 0.286. The molecule has 1 aliphatic rings. The summed E-state index contributed by atoms with van der Waals surface area (Å²) < 4.78 is 0. The van der Waals surface area contributed by atoms with Crippen molar-refractivity contribution in [1.82, 2.24) is 0 Å². The molecular formula is C7H14O2. The molecule has 1 aliphatic carbocycles. The fraction of sp³-hybridized carbons (Fsp3) is 1.00. The Morgan fingerprint density at radius 3 is 2.33 bits per heavy atom. The summed E-state index contributed by atoms with van der Waals surface area (Å²) in [6.07, 6.45) is 1.94. The normalized spacial score (nSPS) is 45.0. The van der Waals surface area contributed by atoms with E-state index in [4.69, 9.17) is 5.11 Å². The van der Waals surface area contributed by atoms with Crippen LogP contribution in [0.4, 0.5) is 0 Å². The van der Waals surface area contributed by atoms with E-state index in [2.05, 4.69) is 0 Å². The largest absolute Gasteiger partial charge is 0.390 e. The minimum Gasteiger partial charge on any atom is -0.390 e. The van der Waals surface area contributed by atoms with Crippen LogP contribution in [0.3, 0.4) is 0 Å². The van der Waals surface area contributed by atoms with Gasteiger partial charge in [-0.15, -0.1) is 0 Å². The summed E-state index contributed by atoms with van der Waals surface area (Å²) >= 11 is 0. The number of aliphatic hydroxyl groups excluding tert-OH is 2. The summed E-state index contributed by atoms with van der Waals surface area (Å²) in [5, 5.41) is 18.3. The van der Waals surface area contributed by atoms with Crippen LogP contribution >= 0.6 is 0 Å². The molecule has 2 heteroatoms. The summed E-state index contributed by atoms with van der Waals surface area (Å²) in [5.41, 5.74) is 0. The SMILES string of the molecule is CC1CCC[C@@H](O)[C@H]1O. The first kappa shape index (κ1) is 7.03. The van der Waals surface area contributed by atoms with Gasteiger partial charge in [-0.2, -0.15) is 0 Å². The number of hydrogen-bond acceptors (Lipinski definition) is 2. The van der Waals surface area contributed by atoms with E-state index < -0.39 is 12.2 Å². The molecule has 1 rings (SSSR count). The molecule has 2 nitrogen and oxygen atoms in total. The highest BCUT2D eigenvalue weighted by Gasteiger charge is 2.26. The highest BCUT2D eigenvalue weighted by Crippen LogP contribution is 2.23. The number of aliphatic hydroxyl groups is 2. The van der Waals surface area contributed by atoms with Gasteiger partial charge in [0, 0.05) is 0 Å². The maximum atomic E-state index is 9.20. The Morgan fingerprint density at radius 1 is 1.22 bits per heavy atom. The summed E-state index contributed by atoms with van der Waals surface area (Å²) in [6.45, 7) is 1.98. The molecule has 54 valence electrons. The molecule has 0 spiro atoms. The molecule has 0 aromatic rings. The van der Waals surface area contributed by atoms with E-state index in [1.807, 2.05) is 6.92 Å². The molecule has 0 aliphatic heterocycles. The van der Waals surface area contributed by atoms with Crippen LogP contribution in [0.25, 0.3) is 0 Å². The van der Waals surface area contributed by atoms with Gasteiger partial charge >= 0.3 is 0 Å². The zero-order chi connectivity index (χ0) is 6.85. The third-order valence-electron chi connectivity index (χ3n) is 2.14. The first-order chi connectivity index (χ1) is 4.22. The van der Waals surface area contributed by atoms with Gasteiger partial charge in [-0.25, -0.2) is 0 Å². The van der Waals surface area contributed by atoms with Crippen molar-refractivity contribution in [2.75, 3.05) is 0 Å². The lowest BCUT2D eigenvalue weighted by Crippen LogP contribution is -2.35. The summed E-state index contributed by atoms with van der Waals surface area (Å²) in [6, 6.07) is 0. The van der Waals surface area contributed by atoms with E-state index >= 15 is 0 Å². The van der Waals surface area contributed by atoms with Crippen LogP contribution in [-0.2, 0) is 0 Å². The molecule has 0 heterocycles. The van der Waals surface area contributed by atoms with Gasteiger partial charge in [0.1, 0.15) is 0 Å². The quantitative estimate of drug-likeness (QED) is 0.502. The standard InChI is InChI=1S/C7H14O2/c1-5-3-2-4-6(8)7(5)9/h5-9H,2-4H2,1H3/t5?,6-,7+/m1/s1. The topological polar surface area (TPSA) is 40.5 Å². The lowest BCUT2D eigenvalue weighted by atomic mass is 9.86. The van der Waals surface area contributed by atoms with Crippen LogP contribution in [-0.4, -0.2) is 22.4 Å². The molecule has 0 amide bonds. The minimum atomic E-state index is -0.473. The number of hydrogen-bond donors (Lipinski definition) is 2. The fourth-order valence-electron chi connectivity index (χ4n) is 1.37. The minimum absolute atomic E-state index is 0.286. The van der Waals surface area contributed by atoms with Crippen molar-refractivity contribution in [3.63, 3.8) is 0 Å². The van der Waals surface area contributed by atoms with Gasteiger partial charge in [0.25, 0.3) is 0 Å². The van der Waals surface area contributed by atoms with Gasteiger partial charge in [0.05, 0.1) is 12.2 Å². The van der Waals surface area contributed by atoms with Crippen molar-refractivity contribution in [3.05, 3.63) is 0 Å².